The van der Waals surface area contributed by atoms with Crippen molar-refractivity contribution in [2.45, 2.75) is 32.6 Å². The highest BCUT2D eigenvalue weighted by Crippen LogP contribution is 2.17. The maximum atomic E-state index is 11.2. The van der Waals surface area contributed by atoms with Crippen LogP contribution in [0.15, 0.2) is 24.3 Å². The molecule has 0 aliphatic heterocycles. The SMILES string of the molecule is CCCCCc1nc(C(N)=O)nc2ccccc12. The molecule has 4 heteroatoms. The lowest BCUT2D eigenvalue weighted by atomic mass is 10.1. The van der Waals surface area contributed by atoms with Crippen LogP contribution in [0.4, 0.5) is 0 Å². The van der Waals surface area contributed by atoms with Crippen molar-refractivity contribution in [3.63, 3.8) is 0 Å². The Morgan fingerprint density at radius 1 is 1.22 bits per heavy atom. The van der Waals surface area contributed by atoms with Gasteiger partial charge in [-0.2, -0.15) is 0 Å². The van der Waals surface area contributed by atoms with Crippen LogP contribution >= 0.6 is 0 Å². The van der Waals surface area contributed by atoms with Crippen molar-refractivity contribution in [1.29, 1.82) is 0 Å². The average Bonchev–Trinajstić information content (AvgIpc) is 2.38. The van der Waals surface area contributed by atoms with Crippen molar-refractivity contribution >= 4 is 16.8 Å². The third kappa shape index (κ3) is 2.64. The fraction of sp³-hybridized carbons (Fsp3) is 0.357. The molecule has 0 aliphatic rings. The molecule has 4 nitrogen and oxygen atoms in total. The molecule has 0 unspecified atom stereocenters. The molecule has 1 amide bonds. The maximum Gasteiger partial charge on any atom is 0.286 e. The number of hydrogen-bond acceptors (Lipinski definition) is 3. The number of nitrogens with zero attached hydrogens (tertiary/aromatic N) is 2. The van der Waals surface area contributed by atoms with Gasteiger partial charge in [0.2, 0.25) is 5.82 Å². The van der Waals surface area contributed by atoms with Crippen LogP contribution in [0.5, 0.6) is 0 Å². The van der Waals surface area contributed by atoms with E-state index in [0.717, 1.165) is 42.3 Å². The molecule has 2 aromatic rings. The number of unbranched alkanes of at least 4 members (excludes halogenated alkanes) is 2. The van der Waals surface area contributed by atoms with E-state index in [2.05, 4.69) is 16.9 Å². The minimum Gasteiger partial charge on any atom is -0.363 e. The molecule has 0 atom stereocenters. The smallest absolute Gasteiger partial charge is 0.286 e. The normalized spacial score (nSPS) is 10.7. The summed E-state index contributed by atoms with van der Waals surface area (Å²) in [6.07, 6.45) is 4.24. The average molecular weight is 243 g/mol. The Balaban J connectivity index is 2.43. The van der Waals surface area contributed by atoms with Crippen LogP contribution < -0.4 is 5.73 Å². The van der Waals surface area contributed by atoms with Gasteiger partial charge in [0.1, 0.15) is 0 Å². The highest BCUT2D eigenvalue weighted by molar-refractivity contribution is 5.92. The lowest BCUT2D eigenvalue weighted by Gasteiger charge is -2.06. The number of carbonyl (C=O) groups excluding carboxylic acids is 1. The van der Waals surface area contributed by atoms with Gasteiger partial charge >= 0.3 is 0 Å². The standard InChI is InChI=1S/C14H17N3O/c1-2-3-4-8-11-10-7-5-6-9-12(10)17-14(16-11)13(15)18/h5-7,9H,2-4,8H2,1H3,(H2,15,18). The number of primary amides is 1. The fourth-order valence-electron chi connectivity index (χ4n) is 1.99. The van der Waals surface area contributed by atoms with E-state index in [1.807, 2.05) is 24.3 Å². The number of carbonyl (C=O) groups is 1. The topological polar surface area (TPSA) is 68.9 Å². The molecule has 0 bridgehead atoms. The Kier molecular flexibility index (Phi) is 3.87. The Labute approximate surface area is 106 Å². The number of aryl methyl sites for hydroxylation is 1. The van der Waals surface area contributed by atoms with E-state index in [1.54, 1.807) is 0 Å². The van der Waals surface area contributed by atoms with E-state index in [0.29, 0.717) is 0 Å². The van der Waals surface area contributed by atoms with E-state index in [1.165, 1.54) is 0 Å². The van der Waals surface area contributed by atoms with E-state index in [9.17, 15) is 4.79 Å². The molecule has 0 spiro atoms. The monoisotopic (exact) mass is 243 g/mol. The third-order valence-electron chi connectivity index (χ3n) is 2.92. The second kappa shape index (κ2) is 5.58. The Morgan fingerprint density at radius 3 is 2.72 bits per heavy atom. The summed E-state index contributed by atoms with van der Waals surface area (Å²) in [5.74, 6) is -0.460. The Bertz CT molecular complexity index is 566. The van der Waals surface area contributed by atoms with Gasteiger partial charge in [-0.25, -0.2) is 9.97 Å². The Hall–Kier alpha value is -1.97. The second-order valence-electron chi connectivity index (χ2n) is 4.33. The number of fused-ring (bicyclic) bond motifs is 1. The molecule has 1 heterocycles. The van der Waals surface area contributed by atoms with Crippen molar-refractivity contribution in [1.82, 2.24) is 9.97 Å². The fourth-order valence-corrected chi connectivity index (χ4v) is 1.99. The van der Waals surface area contributed by atoms with Crippen LogP contribution in [-0.4, -0.2) is 15.9 Å². The summed E-state index contributed by atoms with van der Waals surface area (Å²) >= 11 is 0. The molecule has 0 aliphatic carbocycles. The minimum atomic E-state index is -0.572. The van der Waals surface area contributed by atoms with Crippen molar-refractivity contribution in [3.05, 3.63) is 35.8 Å². The summed E-state index contributed by atoms with van der Waals surface area (Å²) in [4.78, 5) is 19.7. The first-order valence-corrected chi connectivity index (χ1v) is 6.28. The van der Waals surface area contributed by atoms with Crippen molar-refractivity contribution < 1.29 is 4.79 Å². The number of nitrogens with two attached hydrogens (primary N) is 1. The van der Waals surface area contributed by atoms with Gasteiger partial charge in [0.05, 0.1) is 11.2 Å². The number of amides is 1. The van der Waals surface area contributed by atoms with Gasteiger partial charge in [0, 0.05) is 5.39 Å². The predicted octanol–water partition coefficient (Wildman–Crippen LogP) is 2.46. The molecule has 0 saturated carbocycles. The van der Waals surface area contributed by atoms with Crippen LogP contribution in [0.25, 0.3) is 10.9 Å². The van der Waals surface area contributed by atoms with E-state index >= 15 is 0 Å². The molecule has 0 radical (unpaired) electrons. The van der Waals surface area contributed by atoms with Gasteiger partial charge in [0.25, 0.3) is 5.91 Å². The van der Waals surface area contributed by atoms with Crippen LogP contribution in [-0.2, 0) is 6.42 Å². The molecule has 0 saturated heterocycles. The van der Waals surface area contributed by atoms with E-state index in [-0.39, 0.29) is 5.82 Å². The zero-order valence-corrected chi connectivity index (χ0v) is 10.5. The summed E-state index contributed by atoms with van der Waals surface area (Å²) in [5.41, 5.74) is 6.97. The predicted molar refractivity (Wildman–Crippen MR) is 71.3 cm³/mol. The Morgan fingerprint density at radius 2 is 2.00 bits per heavy atom. The molecule has 1 aromatic carbocycles. The summed E-state index contributed by atoms with van der Waals surface area (Å²) in [5, 5.41) is 1.01. The quantitative estimate of drug-likeness (QED) is 0.820. The van der Waals surface area contributed by atoms with Crippen molar-refractivity contribution in [2.24, 2.45) is 5.73 Å². The largest absolute Gasteiger partial charge is 0.363 e. The number of rotatable bonds is 5. The van der Waals surface area contributed by atoms with E-state index in [4.69, 9.17) is 5.73 Å². The molecule has 1 aromatic heterocycles. The van der Waals surface area contributed by atoms with Crippen LogP contribution in [0.3, 0.4) is 0 Å². The maximum absolute atomic E-state index is 11.2. The lowest BCUT2D eigenvalue weighted by Crippen LogP contribution is -2.16. The van der Waals surface area contributed by atoms with Gasteiger partial charge in [0.15, 0.2) is 0 Å². The molecule has 2 N–H and O–H groups in total. The summed E-state index contributed by atoms with van der Waals surface area (Å²) in [6, 6.07) is 7.73. The third-order valence-corrected chi connectivity index (χ3v) is 2.92. The van der Waals surface area contributed by atoms with Gasteiger partial charge in [-0.05, 0) is 18.9 Å². The zero-order valence-electron chi connectivity index (χ0n) is 10.5. The van der Waals surface area contributed by atoms with Gasteiger partial charge in [-0.15, -0.1) is 0 Å². The highest BCUT2D eigenvalue weighted by atomic mass is 16.1. The molecule has 2 rings (SSSR count). The van der Waals surface area contributed by atoms with Crippen molar-refractivity contribution in [2.75, 3.05) is 0 Å². The number of para-hydroxylation sites is 1. The minimum absolute atomic E-state index is 0.111. The van der Waals surface area contributed by atoms with Gasteiger partial charge < -0.3 is 5.73 Å². The van der Waals surface area contributed by atoms with Gasteiger partial charge in [-0.3, -0.25) is 4.79 Å². The number of benzene rings is 1. The number of hydrogen-bond donors (Lipinski definition) is 1. The summed E-state index contributed by atoms with van der Waals surface area (Å²) in [6.45, 7) is 2.16. The summed E-state index contributed by atoms with van der Waals surface area (Å²) < 4.78 is 0. The van der Waals surface area contributed by atoms with E-state index < -0.39 is 5.91 Å². The molecular weight excluding hydrogens is 226 g/mol. The van der Waals surface area contributed by atoms with Gasteiger partial charge in [-0.1, -0.05) is 38.0 Å². The molecule has 18 heavy (non-hydrogen) atoms. The summed E-state index contributed by atoms with van der Waals surface area (Å²) in [7, 11) is 0. The lowest BCUT2D eigenvalue weighted by molar-refractivity contribution is 0.0990. The zero-order chi connectivity index (χ0) is 13.0. The van der Waals surface area contributed by atoms with Crippen molar-refractivity contribution in [3.8, 4) is 0 Å². The first-order valence-electron chi connectivity index (χ1n) is 6.28. The van der Waals surface area contributed by atoms with Crippen LogP contribution in [0.2, 0.25) is 0 Å². The molecule has 0 fully saturated rings. The second-order valence-corrected chi connectivity index (χ2v) is 4.33. The van der Waals surface area contributed by atoms with Crippen LogP contribution in [0.1, 0.15) is 42.5 Å². The molecule has 94 valence electrons. The number of aromatic nitrogens is 2. The van der Waals surface area contributed by atoms with Crippen LogP contribution in [0, 0.1) is 0 Å². The first kappa shape index (κ1) is 12.5. The first-order chi connectivity index (χ1) is 8.72. The highest BCUT2D eigenvalue weighted by Gasteiger charge is 2.10. The molecular formula is C14H17N3O.